The zero-order chi connectivity index (χ0) is 18.6. The molecule has 2 aromatic carbocycles. The van der Waals surface area contributed by atoms with E-state index in [1.54, 1.807) is 12.3 Å². The van der Waals surface area contributed by atoms with Gasteiger partial charge >= 0.3 is 0 Å². The maximum atomic E-state index is 13.1. The molecule has 0 radical (unpaired) electrons. The molecule has 5 heteroatoms. The second kappa shape index (κ2) is 7.60. The Morgan fingerprint density at radius 1 is 1.00 bits per heavy atom. The van der Waals surface area contributed by atoms with Gasteiger partial charge in [-0.1, -0.05) is 72.0 Å². The average molecular weight is 374 g/mol. The second-order valence-electron chi connectivity index (χ2n) is 6.19. The molecular weight excluding hydrogens is 356 g/mol. The number of carbonyl (C=O) groups is 1. The highest BCUT2D eigenvalue weighted by Crippen LogP contribution is 2.35. The third-order valence-corrected chi connectivity index (χ3v) is 5.37. The first-order chi connectivity index (χ1) is 13.2. The van der Waals surface area contributed by atoms with Gasteiger partial charge in [0.1, 0.15) is 10.6 Å². The van der Waals surface area contributed by atoms with Gasteiger partial charge in [-0.3, -0.25) is 4.79 Å². The zero-order valence-corrected chi connectivity index (χ0v) is 15.6. The normalized spacial score (nSPS) is 10.7. The Morgan fingerprint density at radius 2 is 1.70 bits per heavy atom. The molecule has 0 aliphatic heterocycles. The summed E-state index contributed by atoms with van der Waals surface area (Å²) in [6, 6.07) is 23.1. The molecule has 4 rings (SSSR count). The molecule has 2 aromatic heterocycles. The van der Waals surface area contributed by atoms with E-state index < -0.39 is 0 Å². The van der Waals surface area contributed by atoms with Crippen molar-refractivity contribution < 1.29 is 9.21 Å². The van der Waals surface area contributed by atoms with E-state index in [4.69, 9.17) is 9.40 Å². The van der Waals surface area contributed by atoms with Crippen molar-refractivity contribution >= 4 is 22.3 Å². The summed E-state index contributed by atoms with van der Waals surface area (Å²) in [4.78, 5) is 20.4. The molecule has 0 aliphatic carbocycles. The van der Waals surface area contributed by atoms with Gasteiger partial charge in [0.25, 0.3) is 0 Å². The number of ketones is 1. The molecule has 0 unspecified atom stereocenters. The number of anilines is 1. The van der Waals surface area contributed by atoms with Crippen LogP contribution in [0.5, 0.6) is 0 Å². The molecule has 0 saturated carbocycles. The van der Waals surface area contributed by atoms with Crippen LogP contribution in [0.4, 0.5) is 5.13 Å². The highest BCUT2D eigenvalue weighted by molar-refractivity contribution is 7.18. The van der Waals surface area contributed by atoms with Gasteiger partial charge in [-0.25, -0.2) is 4.98 Å². The van der Waals surface area contributed by atoms with Crippen LogP contribution >= 0.6 is 11.3 Å². The second-order valence-corrected chi connectivity index (χ2v) is 7.17. The average Bonchev–Trinajstić information content (AvgIpc) is 3.38. The van der Waals surface area contributed by atoms with Gasteiger partial charge in [-0.2, -0.15) is 0 Å². The van der Waals surface area contributed by atoms with Crippen LogP contribution in [0.25, 0.3) is 11.5 Å². The molecule has 0 aliphatic rings. The Labute approximate surface area is 161 Å². The minimum atomic E-state index is -0.0427. The van der Waals surface area contributed by atoms with Crippen LogP contribution in [0.3, 0.4) is 0 Å². The molecule has 0 amide bonds. The van der Waals surface area contributed by atoms with Crippen LogP contribution in [0.1, 0.15) is 20.8 Å². The van der Waals surface area contributed by atoms with E-state index in [0.717, 1.165) is 5.13 Å². The molecule has 4 nitrogen and oxygen atoms in total. The van der Waals surface area contributed by atoms with Crippen molar-refractivity contribution in [1.29, 1.82) is 0 Å². The van der Waals surface area contributed by atoms with Crippen molar-refractivity contribution in [1.82, 2.24) is 4.98 Å². The van der Waals surface area contributed by atoms with E-state index in [1.165, 1.54) is 16.9 Å². The maximum Gasteiger partial charge on any atom is 0.205 e. The molecule has 27 heavy (non-hydrogen) atoms. The van der Waals surface area contributed by atoms with Gasteiger partial charge in [-0.05, 0) is 17.7 Å². The molecule has 134 valence electrons. The van der Waals surface area contributed by atoms with Crippen LogP contribution in [0.15, 0.2) is 83.5 Å². The fourth-order valence-electron chi connectivity index (χ4n) is 2.85. The summed E-state index contributed by atoms with van der Waals surface area (Å²) in [6.45, 7) is 0.713. The monoisotopic (exact) mass is 374 g/mol. The topological polar surface area (TPSA) is 46.3 Å². The molecular formula is C22H18N2O2S. The lowest BCUT2D eigenvalue weighted by molar-refractivity contribution is 0.104. The number of hydrogen-bond donors (Lipinski definition) is 0. The van der Waals surface area contributed by atoms with E-state index in [9.17, 15) is 4.79 Å². The van der Waals surface area contributed by atoms with Crippen LogP contribution in [0.2, 0.25) is 0 Å². The van der Waals surface area contributed by atoms with E-state index in [1.807, 2.05) is 66.5 Å². The predicted molar refractivity (Wildman–Crippen MR) is 108 cm³/mol. The fraction of sp³-hybridized carbons (Fsp3) is 0.0909. The summed E-state index contributed by atoms with van der Waals surface area (Å²) in [5.41, 5.74) is 2.42. The number of nitrogens with zero attached hydrogens (tertiary/aromatic N) is 2. The molecule has 0 atom stereocenters. The van der Waals surface area contributed by atoms with Crippen LogP contribution < -0.4 is 4.90 Å². The number of thiazole rings is 1. The van der Waals surface area contributed by atoms with Crippen molar-refractivity contribution in [3.8, 4) is 11.5 Å². The van der Waals surface area contributed by atoms with E-state index >= 15 is 0 Å². The molecule has 0 bridgehead atoms. The molecule has 4 aromatic rings. The highest BCUT2D eigenvalue weighted by atomic mass is 32.1. The van der Waals surface area contributed by atoms with E-state index in [0.29, 0.717) is 28.4 Å². The lowest BCUT2D eigenvalue weighted by Crippen LogP contribution is -2.15. The van der Waals surface area contributed by atoms with E-state index in [2.05, 4.69) is 12.1 Å². The lowest BCUT2D eigenvalue weighted by atomic mass is 10.1. The minimum absolute atomic E-state index is 0.0427. The summed E-state index contributed by atoms with van der Waals surface area (Å²) < 4.78 is 5.53. The maximum absolute atomic E-state index is 13.1. The Balaban J connectivity index is 1.71. The van der Waals surface area contributed by atoms with Crippen molar-refractivity contribution in [2.45, 2.75) is 6.54 Å². The summed E-state index contributed by atoms with van der Waals surface area (Å²) in [5, 5.41) is 0.782. The largest absolute Gasteiger partial charge is 0.463 e. The van der Waals surface area contributed by atoms with Gasteiger partial charge in [0, 0.05) is 19.2 Å². The first kappa shape index (κ1) is 17.2. The third kappa shape index (κ3) is 3.68. The van der Waals surface area contributed by atoms with Gasteiger partial charge in [0.15, 0.2) is 10.9 Å². The third-order valence-electron chi connectivity index (χ3n) is 4.20. The molecule has 0 fully saturated rings. The van der Waals surface area contributed by atoms with Crippen molar-refractivity contribution in [2.24, 2.45) is 0 Å². The summed E-state index contributed by atoms with van der Waals surface area (Å²) >= 11 is 1.39. The van der Waals surface area contributed by atoms with Crippen LogP contribution in [-0.4, -0.2) is 17.8 Å². The number of hydrogen-bond acceptors (Lipinski definition) is 5. The highest BCUT2D eigenvalue weighted by Gasteiger charge is 2.23. The Morgan fingerprint density at radius 3 is 2.37 bits per heavy atom. The van der Waals surface area contributed by atoms with Gasteiger partial charge in [0.2, 0.25) is 5.78 Å². The zero-order valence-electron chi connectivity index (χ0n) is 14.8. The molecule has 0 saturated heterocycles. The number of carbonyl (C=O) groups excluding carboxylic acids is 1. The first-order valence-electron chi connectivity index (χ1n) is 8.62. The Bertz CT molecular complexity index is 1020. The van der Waals surface area contributed by atoms with Crippen LogP contribution in [-0.2, 0) is 6.54 Å². The molecule has 0 N–H and O–H groups in total. The molecule has 2 heterocycles. The minimum Gasteiger partial charge on any atom is -0.463 e. The molecule has 0 spiro atoms. The van der Waals surface area contributed by atoms with Gasteiger partial charge < -0.3 is 9.32 Å². The quantitative estimate of drug-likeness (QED) is 0.431. The predicted octanol–water partition coefficient (Wildman–Crippen LogP) is 5.27. The standard InChI is InChI=1S/C22H18N2O2S/c1-24(15-16-9-4-2-5-10-16)22-23-19(18-13-8-14-26-18)21(27-22)20(25)17-11-6-3-7-12-17/h2-14H,15H2,1H3. The Hall–Kier alpha value is -3.18. The fourth-order valence-corrected chi connectivity index (χ4v) is 3.85. The summed E-state index contributed by atoms with van der Waals surface area (Å²) in [7, 11) is 1.98. The number of benzene rings is 2. The van der Waals surface area contributed by atoms with Gasteiger partial charge in [-0.15, -0.1) is 0 Å². The number of aromatic nitrogens is 1. The summed E-state index contributed by atoms with van der Waals surface area (Å²) in [6.07, 6.45) is 1.60. The lowest BCUT2D eigenvalue weighted by Gasteiger charge is -2.15. The van der Waals surface area contributed by atoms with Crippen molar-refractivity contribution in [2.75, 3.05) is 11.9 Å². The number of rotatable bonds is 6. The first-order valence-corrected chi connectivity index (χ1v) is 9.43. The van der Waals surface area contributed by atoms with E-state index in [-0.39, 0.29) is 5.78 Å². The van der Waals surface area contributed by atoms with Crippen molar-refractivity contribution in [3.05, 3.63) is 95.1 Å². The number of furan rings is 1. The van der Waals surface area contributed by atoms with Crippen LogP contribution in [0, 0.1) is 0 Å². The van der Waals surface area contributed by atoms with Crippen molar-refractivity contribution in [3.63, 3.8) is 0 Å². The SMILES string of the molecule is CN(Cc1ccccc1)c1nc(-c2ccco2)c(C(=O)c2ccccc2)s1. The summed E-state index contributed by atoms with van der Waals surface area (Å²) in [5.74, 6) is 0.559. The smallest absolute Gasteiger partial charge is 0.205 e. The Kier molecular flexibility index (Phi) is 4.85. The van der Waals surface area contributed by atoms with Gasteiger partial charge in [0.05, 0.1) is 6.26 Å².